The SMILES string of the molecule is COc1ccc(/C=C/C(=O)N2Cc3ccccc3C(c3cnn(C)c3)C2)cc1OC. The molecule has 1 atom stereocenters. The van der Waals surface area contributed by atoms with Crippen molar-refractivity contribution in [3.8, 4) is 11.5 Å². The zero-order valence-corrected chi connectivity index (χ0v) is 17.4. The van der Waals surface area contributed by atoms with Gasteiger partial charge in [0.15, 0.2) is 11.5 Å². The maximum atomic E-state index is 13.0. The second kappa shape index (κ2) is 8.45. The highest BCUT2D eigenvalue weighted by atomic mass is 16.5. The molecule has 3 aromatic rings. The number of carbonyl (C=O) groups excluding carboxylic acids is 1. The van der Waals surface area contributed by atoms with Crippen molar-refractivity contribution < 1.29 is 14.3 Å². The van der Waals surface area contributed by atoms with Gasteiger partial charge < -0.3 is 14.4 Å². The van der Waals surface area contributed by atoms with Gasteiger partial charge in [0.1, 0.15) is 0 Å². The standard InChI is InChI=1S/C24H25N3O3/c1-26-14-19(13-25-26)21-16-27(15-18-6-4-5-7-20(18)21)24(28)11-9-17-8-10-22(29-2)23(12-17)30-3/h4-14,21H,15-16H2,1-3H3/b11-9+. The normalized spacial score (nSPS) is 15.8. The van der Waals surface area contributed by atoms with E-state index in [0.717, 1.165) is 11.1 Å². The van der Waals surface area contributed by atoms with E-state index in [0.29, 0.717) is 24.6 Å². The number of carbonyl (C=O) groups is 1. The molecular formula is C24H25N3O3. The predicted octanol–water partition coefficient (Wildman–Crippen LogP) is 3.62. The smallest absolute Gasteiger partial charge is 0.246 e. The minimum absolute atomic E-state index is 0.0202. The Morgan fingerprint density at radius 3 is 2.67 bits per heavy atom. The fraction of sp³-hybridized carbons (Fsp3) is 0.250. The Kier molecular flexibility index (Phi) is 5.57. The lowest BCUT2D eigenvalue weighted by atomic mass is 9.86. The van der Waals surface area contributed by atoms with E-state index in [1.54, 1.807) is 25.0 Å². The summed E-state index contributed by atoms with van der Waals surface area (Å²) < 4.78 is 12.4. The van der Waals surface area contributed by atoms with Crippen molar-refractivity contribution in [2.45, 2.75) is 12.5 Å². The molecule has 1 unspecified atom stereocenters. The summed E-state index contributed by atoms with van der Waals surface area (Å²) in [6.45, 7) is 1.22. The molecule has 4 rings (SSSR count). The summed E-state index contributed by atoms with van der Waals surface area (Å²) in [5.41, 5.74) is 4.43. The number of amides is 1. The van der Waals surface area contributed by atoms with E-state index in [-0.39, 0.29) is 11.8 Å². The number of hydrogen-bond donors (Lipinski definition) is 0. The van der Waals surface area contributed by atoms with Crippen LogP contribution >= 0.6 is 0 Å². The summed E-state index contributed by atoms with van der Waals surface area (Å²) >= 11 is 0. The number of methoxy groups -OCH3 is 2. The summed E-state index contributed by atoms with van der Waals surface area (Å²) in [5, 5.41) is 4.32. The van der Waals surface area contributed by atoms with Crippen LogP contribution in [0.3, 0.4) is 0 Å². The van der Waals surface area contributed by atoms with E-state index in [4.69, 9.17) is 9.47 Å². The number of ether oxygens (including phenoxy) is 2. The summed E-state index contributed by atoms with van der Waals surface area (Å²) in [5.74, 6) is 1.39. The van der Waals surface area contributed by atoms with Crippen LogP contribution in [0.15, 0.2) is 60.9 Å². The molecule has 0 bridgehead atoms. The Balaban J connectivity index is 1.57. The molecule has 0 radical (unpaired) electrons. The molecule has 0 saturated carbocycles. The van der Waals surface area contributed by atoms with Gasteiger partial charge in [0.2, 0.25) is 5.91 Å². The van der Waals surface area contributed by atoms with Gasteiger partial charge >= 0.3 is 0 Å². The van der Waals surface area contributed by atoms with Crippen LogP contribution in [0.1, 0.15) is 28.2 Å². The molecule has 2 aromatic carbocycles. The lowest BCUT2D eigenvalue weighted by Gasteiger charge is -2.34. The molecule has 6 heteroatoms. The highest BCUT2D eigenvalue weighted by Crippen LogP contribution is 2.33. The Hall–Kier alpha value is -3.54. The topological polar surface area (TPSA) is 56.6 Å². The van der Waals surface area contributed by atoms with Gasteiger partial charge in [-0.25, -0.2) is 0 Å². The van der Waals surface area contributed by atoms with E-state index in [2.05, 4.69) is 23.3 Å². The average Bonchev–Trinajstić information content (AvgIpc) is 3.22. The average molecular weight is 403 g/mol. The molecule has 30 heavy (non-hydrogen) atoms. The van der Waals surface area contributed by atoms with Gasteiger partial charge in [-0.15, -0.1) is 0 Å². The Labute approximate surface area is 176 Å². The maximum Gasteiger partial charge on any atom is 0.246 e. The molecule has 1 aromatic heterocycles. The third-order valence-electron chi connectivity index (χ3n) is 5.46. The number of hydrogen-bond acceptors (Lipinski definition) is 4. The van der Waals surface area contributed by atoms with E-state index in [1.165, 1.54) is 11.1 Å². The largest absolute Gasteiger partial charge is 0.493 e. The van der Waals surface area contributed by atoms with E-state index in [1.807, 2.05) is 54.7 Å². The minimum Gasteiger partial charge on any atom is -0.493 e. The van der Waals surface area contributed by atoms with Crippen LogP contribution < -0.4 is 9.47 Å². The summed E-state index contributed by atoms with van der Waals surface area (Å²) in [6.07, 6.45) is 7.34. The van der Waals surface area contributed by atoms with Gasteiger partial charge in [-0.05, 0) is 40.5 Å². The number of aryl methyl sites for hydroxylation is 1. The Bertz CT molecular complexity index is 1090. The van der Waals surface area contributed by atoms with Gasteiger partial charge in [0, 0.05) is 38.3 Å². The molecule has 0 fully saturated rings. The van der Waals surface area contributed by atoms with Crippen LogP contribution in [0, 0.1) is 0 Å². The first-order valence-electron chi connectivity index (χ1n) is 9.84. The fourth-order valence-electron chi connectivity index (χ4n) is 3.91. The molecule has 0 aliphatic carbocycles. The molecule has 6 nitrogen and oxygen atoms in total. The zero-order valence-electron chi connectivity index (χ0n) is 17.4. The van der Waals surface area contributed by atoms with Crippen LogP contribution in [-0.4, -0.2) is 41.4 Å². The van der Waals surface area contributed by atoms with Crippen molar-refractivity contribution in [3.63, 3.8) is 0 Å². The molecular weight excluding hydrogens is 378 g/mol. The van der Waals surface area contributed by atoms with Crippen molar-refractivity contribution in [2.75, 3.05) is 20.8 Å². The predicted molar refractivity (Wildman–Crippen MR) is 115 cm³/mol. The number of fused-ring (bicyclic) bond motifs is 1. The maximum absolute atomic E-state index is 13.0. The van der Waals surface area contributed by atoms with E-state index >= 15 is 0 Å². The van der Waals surface area contributed by atoms with Gasteiger partial charge in [0.25, 0.3) is 0 Å². The second-order valence-corrected chi connectivity index (χ2v) is 7.37. The lowest BCUT2D eigenvalue weighted by molar-refractivity contribution is -0.127. The number of benzene rings is 2. The highest BCUT2D eigenvalue weighted by Gasteiger charge is 2.28. The van der Waals surface area contributed by atoms with Crippen LogP contribution in [0.2, 0.25) is 0 Å². The van der Waals surface area contributed by atoms with Gasteiger partial charge in [-0.1, -0.05) is 30.3 Å². The summed E-state index contributed by atoms with van der Waals surface area (Å²) in [7, 11) is 5.11. The lowest BCUT2D eigenvalue weighted by Crippen LogP contribution is -2.37. The molecule has 2 heterocycles. The van der Waals surface area contributed by atoms with Crippen molar-refractivity contribution in [2.24, 2.45) is 7.05 Å². The first-order chi connectivity index (χ1) is 14.6. The molecule has 0 spiro atoms. The van der Waals surface area contributed by atoms with Crippen molar-refractivity contribution in [1.29, 1.82) is 0 Å². The molecule has 0 N–H and O–H groups in total. The quantitative estimate of drug-likeness (QED) is 0.611. The van der Waals surface area contributed by atoms with Crippen LogP contribution in [0.25, 0.3) is 6.08 Å². The molecule has 154 valence electrons. The monoisotopic (exact) mass is 403 g/mol. The van der Waals surface area contributed by atoms with Crippen molar-refractivity contribution in [3.05, 3.63) is 83.2 Å². The van der Waals surface area contributed by atoms with E-state index < -0.39 is 0 Å². The third kappa shape index (κ3) is 3.94. The second-order valence-electron chi connectivity index (χ2n) is 7.37. The first-order valence-corrected chi connectivity index (χ1v) is 9.84. The summed E-state index contributed by atoms with van der Waals surface area (Å²) in [4.78, 5) is 14.9. The fourth-order valence-corrected chi connectivity index (χ4v) is 3.91. The minimum atomic E-state index is -0.0202. The van der Waals surface area contributed by atoms with Crippen LogP contribution in [-0.2, 0) is 18.4 Å². The third-order valence-corrected chi connectivity index (χ3v) is 5.46. The van der Waals surface area contributed by atoms with Gasteiger partial charge in [-0.2, -0.15) is 5.10 Å². The number of rotatable bonds is 5. The zero-order chi connectivity index (χ0) is 21.1. The Morgan fingerprint density at radius 2 is 1.93 bits per heavy atom. The van der Waals surface area contributed by atoms with Gasteiger partial charge in [-0.3, -0.25) is 9.48 Å². The van der Waals surface area contributed by atoms with E-state index in [9.17, 15) is 4.79 Å². The molecule has 1 amide bonds. The van der Waals surface area contributed by atoms with Crippen LogP contribution in [0.4, 0.5) is 0 Å². The first kappa shape index (κ1) is 19.8. The molecule has 0 saturated heterocycles. The molecule has 1 aliphatic rings. The van der Waals surface area contributed by atoms with Crippen molar-refractivity contribution in [1.82, 2.24) is 14.7 Å². The summed E-state index contributed by atoms with van der Waals surface area (Å²) in [6, 6.07) is 13.9. The van der Waals surface area contributed by atoms with Crippen LogP contribution in [0.5, 0.6) is 11.5 Å². The van der Waals surface area contributed by atoms with Gasteiger partial charge in [0.05, 0.1) is 20.4 Å². The van der Waals surface area contributed by atoms with Crippen molar-refractivity contribution >= 4 is 12.0 Å². The number of nitrogens with zero attached hydrogens (tertiary/aromatic N) is 3. The molecule has 1 aliphatic heterocycles. The highest BCUT2D eigenvalue weighted by molar-refractivity contribution is 5.92. The Morgan fingerprint density at radius 1 is 1.13 bits per heavy atom. The number of aromatic nitrogens is 2.